The number of oxazole rings is 1. The number of aryl methyl sites for hydroxylation is 1. The van der Waals surface area contributed by atoms with E-state index in [4.69, 9.17) is 10.2 Å². The van der Waals surface area contributed by atoms with Gasteiger partial charge < -0.3 is 10.2 Å². The molecule has 0 spiro atoms. The van der Waals surface area contributed by atoms with Crippen molar-refractivity contribution in [2.24, 2.45) is 5.73 Å². The minimum atomic E-state index is 0.342. The van der Waals surface area contributed by atoms with Crippen molar-refractivity contribution in [3.05, 3.63) is 17.3 Å². The molecule has 1 aromatic rings. The molecule has 3 heteroatoms. The molecule has 0 aliphatic carbocycles. The van der Waals surface area contributed by atoms with E-state index in [1.807, 2.05) is 20.8 Å². The minimum absolute atomic E-state index is 0.342. The molecule has 3 nitrogen and oxygen atoms in total. The Morgan fingerprint density at radius 3 is 2.45 bits per heavy atom. The molecule has 0 aliphatic rings. The third kappa shape index (κ3) is 1.60. The third-order valence-electron chi connectivity index (χ3n) is 1.60. The van der Waals surface area contributed by atoms with Crippen LogP contribution in [-0.2, 0) is 6.54 Å². The predicted octanol–water partition coefficient (Wildman–Crippen LogP) is 1.57. The van der Waals surface area contributed by atoms with Crippen LogP contribution in [0, 0.1) is 6.92 Å². The molecule has 1 heterocycles. The molecule has 62 valence electrons. The van der Waals surface area contributed by atoms with E-state index in [-0.39, 0.29) is 0 Å². The number of hydrogen-bond acceptors (Lipinski definition) is 3. The van der Waals surface area contributed by atoms with Crippen molar-refractivity contribution in [2.75, 3.05) is 0 Å². The molecule has 0 aliphatic heterocycles. The van der Waals surface area contributed by atoms with Gasteiger partial charge in [-0.2, -0.15) is 0 Å². The number of nitrogens with two attached hydrogens (primary N) is 1. The standard InChI is InChI=1S/C8H14N2O/c1-5(2)8-10-7(4-9)6(3)11-8/h5H,4,9H2,1-3H3. The molecule has 0 radical (unpaired) electrons. The van der Waals surface area contributed by atoms with E-state index in [0.29, 0.717) is 12.5 Å². The summed E-state index contributed by atoms with van der Waals surface area (Å²) in [6, 6.07) is 0. The van der Waals surface area contributed by atoms with Crippen molar-refractivity contribution < 1.29 is 4.42 Å². The second-order valence-corrected chi connectivity index (χ2v) is 2.91. The molecule has 0 saturated heterocycles. The average molecular weight is 154 g/mol. The van der Waals surface area contributed by atoms with Crippen LogP contribution in [0.4, 0.5) is 0 Å². The summed E-state index contributed by atoms with van der Waals surface area (Å²) in [5.41, 5.74) is 6.31. The quantitative estimate of drug-likeness (QED) is 0.703. The van der Waals surface area contributed by atoms with E-state index in [1.165, 1.54) is 0 Å². The van der Waals surface area contributed by atoms with E-state index < -0.39 is 0 Å². The van der Waals surface area contributed by atoms with Gasteiger partial charge in [0.2, 0.25) is 0 Å². The molecule has 0 atom stereocenters. The van der Waals surface area contributed by atoms with Gasteiger partial charge in [0.05, 0.1) is 5.69 Å². The van der Waals surface area contributed by atoms with Crippen molar-refractivity contribution in [1.29, 1.82) is 0 Å². The van der Waals surface area contributed by atoms with Crippen LogP contribution in [0.2, 0.25) is 0 Å². The predicted molar refractivity (Wildman–Crippen MR) is 43.2 cm³/mol. The van der Waals surface area contributed by atoms with Crippen LogP contribution in [0.1, 0.15) is 37.1 Å². The molecule has 0 unspecified atom stereocenters. The second-order valence-electron chi connectivity index (χ2n) is 2.91. The van der Waals surface area contributed by atoms with E-state index in [2.05, 4.69) is 4.98 Å². The van der Waals surface area contributed by atoms with Gasteiger partial charge in [0.25, 0.3) is 0 Å². The topological polar surface area (TPSA) is 52.0 Å². The first kappa shape index (κ1) is 8.27. The molecule has 0 bridgehead atoms. The van der Waals surface area contributed by atoms with Crippen LogP contribution in [-0.4, -0.2) is 4.98 Å². The van der Waals surface area contributed by atoms with Gasteiger partial charge >= 0.3 is 0 Å². The van der Waals surface area contributed by atoms with Crippen molar-refractivity contribution in [3.8, 4) is 0 Å². The largest absolute Gasteiger partial charge is 0.445 e. The van der Waals surface area contributed by atoms with Gasteiger partial charge in [-0.05, 0) is 6.92 Å². The first-order valence-electron chi connectivity index (χ1n) is 3.81. The average Bonchev–Trinajstić information content (AvgIpc) is 2.31. The molecule has 0 aromatic carbocycles. The van der Waals surface area contributed by atoms with E-state index in [9.17, 15) is 0 Å². The lowest BCUT2D eigenvalue weighted by molar-refractivity contribution is 0.449. The lowest BCUT2D eigenvalue weighted by Gasteiger charge is -1.94. The zero-order chi connectivity index (χ0) is 8.43. The van der Waals surface area contributed by atoms with Gasteiger partial charge in [0.1, 0.15) is 5.76 Å². The summed E-state index contributed by atoms with van der Waals surface area (Å²) < 4.78 is 5.38. The molecule has 2 N–H and O–H groups in total. The summed E-state index contributed by atoms with van der Waals surface area (Å²) in [5, 5.41) is 0. The highest BCUT2D eigenvalue weighted by atomic mass is 16.4. The SMILES string of the molecule is Cc1oc(C(C)C)nc1CN. The van der Waals surface area contributed by atoms with E-state index in [0.717, 1.165) is 17.3 Å². The maximum absolute atomic E-state index is 5.44. The van der Waals surface area contributed by atoms with Gasteiger partial charge in [-0.15, -0.1) is 0 Å². The Labute approximate surface area is 66.6 Å². The van der Waals surface area contributed by atoms with Gasteiger partial charge in [-0.25, -0.2) is 4.98 Å². The zero-order valence-electron chi connectivity index (χ0n) is 7.22. The summed E-state index contributed by atoms with van der Waals surface area (Å²) in [4.78, 5) is 4.24. The molecular weight excluding hydrogens is 140 g/mol. The van der Waals surface area contributed by atoms with Gasteiger partial charge in [-0.1, -0.05) is 13.8 Å². The first-order valence-corrected chi connectivity index (χ1v) is 3.81. The van der Waals surface area contributed by atoms with Crippen LogP contribution in [0.3, 0.4) is 0 Å². The third-order valence-corrected chi connectivity index (χ3v) is 1.60. The Hall–Kier alpha value is -0.830. The maximum Gasteiger partial charge on any atom is 0.197 e. The highest BCUT2D eigenvalue weighted by molar-refractivity contribution is 5.08. The molecule has 0 fully saturated rings. The zero-order valence-corrected chi connectivity index (χ0v) is 7.22. The highest BCUT2D eigenvalue weighted by Gasteiger charge is 2.10. The van der Waals surface area contributed by atoms with Gasteiger partial charge in [0, 0.05) is 12.5 Å². The van der Waals surface area contributed by atoms with Crippen LogP contribution >= 0.6 is 0 Å². The molecule has 0 saturated carbocycles. The fourth-order valence-electron chi connectivity index (χ4n) is 0.887. The van der Waals surface area contributed by atoms with Gasteiger partial charge in [-0.3, -0.25) is 0 Å². The fourth-order valence-corrected chi connectivity index (χ4v) is 0.887. The summed E-state index contributed by atoms with van der Waals surface area (Å²) in [6.45, 7) is 6.44. The lowest BCUT2D eigenvalue weighted by atomic mass is 10.2. The molecule has 1 aromatic heterocycles. The lowest BCUT2D eigenvalue weighted by Crippen LogP contribution is -1.98. The van der Waals surface area contributed by atoms with Crippen LogP contribution in [0.15, 0.2) is 4.42 Å². The van der Waals surface area contributed by atoms with E-state index in [1.54, 1.807) is 0 Å². The monoisotopic (exact) mass is 154 g/mol. The van der Waals surface area contributed by atoms with Crippen LogP contribution < -0.4 is 5.73 Å². The summed E-state index contributed by atoms with van der Waals surface area (Å²) in [6.07, 6.45) is 0. The molecular formula is C8H14N2O. The molecule has 11 heavy (non-hydrogen) atoms. The van der Waals surface area contributed by atoms with Crippen LogP contribution in [0.25, 0.3) is 0 Å². The van der Waals surface area contributed by atoms with E-state index >= 15 is 0 Å². The number of nitrogens with zero attached hydrogens (tertiary/aromatic N) is 1. The summed E-state index contributed by atoms with van der Waals surface area (Å²) in [7, 11) is 0. The summed E-state index contributed by atoms with van der Waals surface area (Å²) in [5.74, 6) is 1.97. The van der Waals surface area contributed by atoms with Crippen LogP contribution in [0.5, 0.6) is 0 Å². The highest BCUT2D eigenvalue weighted by Crippen LogP contribution is 2.16. The summed E-state index contributed by atoms with van der Waals surface area (Å²) >= 11 is 0. The van der Waals surface area contributed by atoms with Gasteiger partial charge in [0.15, 0.2) is 5.89 Å². The Morgan fingerprint density at radius 1 is 1.55 bits per heavy atom. The number of aromatic nitrogens is 1. The Kier molecular flexibility index (Phi) is 2.29. The van der Waals surface area contributed by atoms with Crippen molar-refractivity contribution >= 4 is 0 Å². The number of hydrogen-bond donors (Lipinski definition) is 1. The van der Waals surface area contributed by atoms with Crippen molar-refractivity contribution in [1.82, 2.24) is 4.98 Å². The Bertz CT molecular complexity index is 240. The first-order chi connectivity index (χ1) is 5.15. The number of rotatable bonds is 2. The Morgan fingerprint density at radius 2 is 2.18 bits per heavy atom. The molecule has 1 rings (SSSR count). The molecule has 0 amide bonds. The second kappa shape index (κ2) is 3.05. The smallest absolute Gasteiger partial charge is 0.197 e. The minimum Gasteiger partial charge on any atom is -0.445 e. The fraction of sp³-hybridized carbons (Fsp3) is 0.625. The maximum atomic E-state index is 5.44. The van der Waals surface area contributed by atoms with Crippen molar-refractivity contribution in [2.45, 2.75) is 33.2 Å². The normalized spacial score (nSPS) is 11.0. The van der Waals surface area contributed by atoms with Crippen molar-refractivity contribution in [3.63, 3.8) is 0 Å². The Balaban J connectivity index is 2.95.